The summed E-state index contributed by atoms with van der Waals surface area (Å²) >= 11 is 0. The lowest BCUT2D eigenvalue weighted by Crippen LogP contribution is -2.49. The van der Waals surface area contributed by atoms with Crippen LogP contribution in [-0.4, -0.2) is 61.2 Å². The van der Waals surface area contributed by atoms with Crippen molar-refractivity contribution in [3.63, 3.8) is 0 Å². The molecule has 0 saturated carbocycles. The zero-order valence-corrected chi connectivity index (χ0v) is 23.0. The molecule has 1 atom stereocenters. The summed E-state index contributed by atoms with van der Waals surface area (Å²) < 4.78 is 16.8. The number of hydrogen-bond donors (Lipinski definition) is 1. The second-order valence-electron chi connectivity index (χ2n) is 9.11. The van der Waals surface area contributed by atoms with E-state index in [1.807, 2.05) is 71.3 Å². The summed E-state index contributed by atoms with van der Waals surface area (Å²) in [6, 6.07) is 20.9. The van der Waals surface area contributed by atoms with Gasteiger partial charge in [0.1, 0.15) is 17.7 Å². The lowest BCUT2D eigenvalue weighted by atomic mass is 10.1. The third-order valence-corrected chi connectivity index (χ3v) is 6.75. The number of methoxy groups -OCH3 is 2. The van der Waals surface area contributed by atoms with Crippen LogP contribution in [0.3, 0.4) is 0 Å². The van der Waals surface area contributed by atoms with Crippen molar-refractivity contribution >= 4 is 41.0 Å². The number of benzene rings is 3. The molecule has 1 fully saturated rings. The van der Waals surface area contributed by atoms with Crippen LogP contribution in [0.15, 0.2) is 66.7 Å². The van der Waals surface area contributed by atoms with Crippen molar-refractivity contribution in [3.8, 4) is 17.2 Å². The van der Waals surface area contributed by atoms with Crippen LogP contribution in [0.25, 0.3) is 10.9 Å². The Morgan fingerprint density at radius 2 is 1.54 bits per heavy atom. The van der Waals surface area contributed by atoms with Crippen molar-refractivity contribution in [2.24, 2.45) is 0 Å². The molecule has 1 aromatic heterocycles. The second-order valence-corrected chi connectivity index (χ2v) is 9.11. The van der Waals surface area contributed by atoms with Crippen LogP contribution in [-0.2, 0) is 0 Å². The van der Waals surface area contributed by atoms with E-state index in [9.17, 15) is 4.79 Å². The minimum absolute atomic E-state index is 0. The van der Waals surface area contributed by atoms with E-state index in [2.05, 4.69) is 4.98 Å². The van der Waals surface area contributed by atoms with Gasteiger partial charge in [-0.3, -0.25) is 4.79 Å². The number of anilines is 2. The summed E-state index contributed by atoms with van der Waals surface area (Å²) in [6.45, 7) is 4.30. The Bertz CT molecular complexity index is 1430. The number of carbonyl (C=O) groups excluding carboxylic acids is 1. The van der Waals surface area contributed by atoms with Gasteiger partial charge in [0.25, 0.3) is 5.91 Å². The first-order valence-electron chi connectivity index (χ1n) is 12.5. The van der Waals surface area contributed by atoms with Gasteiger partial charge in [-0.15, -0.1) is 12.4 Å². The molecule has 1 aliphatic heterocycles. The van der Waals surface area contributed by atoms with E-state index >= 15 is 0 Å². The van der Waals surface area contributed by atoms with E-state index < -0.39 is 0 Å². The average Bonchev–Trinajstić information content (AvgIpc) is 2.97. The minimum atomic E-state index is -0.0830. The molecule has 2 heterocycles. The number of amides is 1. The molecule has 0 radical (unpaired) electrons. The normalized spacial score (nSPS) is 13.9. The predicted molar refractivity (Wildman–Crippen MR) is 154 cm³/mol. The summed E-state index contributed by atoms with van der Waals surface area (Å²) in [6.07, 6.45) is -0.0830. The van der Waals surface area contributed by atoms with Crippen molar-refractivity contribution in [2.45, 2.75) is 13.0 Å². The van der Waals surface area contributed by atoms with Crippen molar-refractivity contribution in [2.75, 3.05) is 51.0 Å². The maximum Gasteiger partial charge on any atom is 0.253 e. The molecule has 2 N–H and O–H groups in total. The van der Waals surface area contributed by atoms with Gasteiger partial charge in [-0.2, -0.15) is 4.98 Å². The first-order valence-corrected chi connectivity index (χ1v) is 12.5. The van der Waals surface area contributed by atoms with Crippen LogP contribution in [0.2, 0.25) is 0 Å². The van der Waals surface area contributed by atoms with E-state index in [0.29, 0.717) is 65.9 Å². The number of rotatable bonds is 7. The van der Waals surface area contributed by atoms with Crippen LogP contribution >= 0.6 is 12.4 Å². The fourth-order valence-corrected chi connectivity index (χ4v) is 4.57. The quantitative estimate of drug-likeness (QED) is 0.352. The van der Waals surface area contributed by atoms with E-state index in [1.54, 1.807) is 26.4 Å². The Morgan fingerprint density at radius 3 is 2.18 bits per heavy atom. The lowest BCUT2D eigenvalue weighted by Gasteiger charge is -2.35. The lowest BCUT2D eigenvalue weighted by molar-refractivity contribution is 0.0746. The first-order chi connectivity index (χ1) is 18.5. The zero-order chi connectivity index (χ0) is 26.6. The Labute approximate surface area is 233 Å². The summed E-state index contributed by atoms with van der Waals surface area (Å²) in [7, 11) is 3.15. The Hall–Kier alpha value is -4.24. The van der Waals surface area contributed by atoms with E-state index in [-0.39, 0.29) is 24.4 Å². The van der Waals surface area contributed by atoms with Gasteiger partial charge >= 0.3 is 0 Å². The maximum atomic E-state index is 13.1. The van der Waals surface area contributed by atoms with Crippen molar-refractivity contribution in [1.29, 1.82) is 0 Å². The number of nitrogens with zero attached hydrogens (tertiary/aromatic N) is 4. The van der Waals surface area contributed by atoms with E-state index in [0.717, 1.165) is 11.3 Å². The molecule has 4 aromatic rings. The van der Waals surface area contributed by atoms with Gasteiger partial charge < -0.3 is 29.7 Å². The number of nitrogens with two attached hydrogens (primary N) is 1. The van der Waals surface area contributed by atoms with Gasteiger partial charge in [-0.05, 0) is 42.8 Å². The SMILES string of the molecule is COc1cc2nc(N3CCN(C(=O)c4ccc(OC(C)c5ccccc5)cc4)CC3)nc(N)c2cc1OC.Cl. The van der Waals surface area contributed by atoms with Gasteiger partial charge in [0.15, 0.2) is 11.5 Å². The molecule has 0 bridgehead atoms. The van der Waals surface area contributed by atoms with Crippen molar-refractivity contribution < 1.29 is 19.0 Å². The standard InChI is InChI=1S/C29H31N5O4.ClH/c1-19(20-7-5-4-6-8-20)38-22-11-9-21(10-12-22)28(35)33-13-15-34(16-14-33)29-31-24-18-26(37-3)25(36-2)17-23(24)27(30)32-29;/h4-12,17-19H,13-16H2,1-3H3,(H2,30,31,32);1H. The third kappa shape index (κ3) is 5.93. The molecule has 9 nitrogen and oxygen atoms in total. The molecule has 39 heavy (non-hydrogen) atoms. The number of piperazine rings is 1. The third-order valence-electron chi connectivity index (χ3n) is 6.75. The topological polar surface area (TPSA) is 103 Å². The van der Waals surface area contributed by atoms with Crippen LogP contribution in [0.4, 0.5) is 11.8 Å². The number of nitrogen functional groups attached to an aromatic ring is 1. The van der Waals surface area contributed by atoms with E-state index in [1.165, 1.54) is 0 Å². The van der Waals surface area contributed by atoms with E-state index in [4.69, 9.17) is 24.9 Å². The fraction of sp³-hybridized carbons (Fsp3) is 0.276. The number of carbonyl (C=O) groups is 1. The molecule has 1 saturated heterocycles. The molecule has 5 rings (SSSR count). The number of fused-ring (bicyclic) bond motifs is 1. The zero-order valence-electron chi connectivity index (χ0n) is 22.2. The van der Waals surface area contributed by atoms with Crippen molar-refractivity contribution in [3.05, 3.63) is 77.9 Å². The van der Waals surface area contributed by atoms with Gasteiger partial charge in [-0.1, -0.05) is 30.3 Å². The number of halogens is 1. The highest BCUT2D eigenvalue weighted by Crippen LogP contribution is 2.34. The van der Waals surface area contributed by atoms with Gasteiger partial charge in [-0.25, -0.2) is 4.98 Å². The minimum Gasteiger partial charge on any atom is -0.493 e. The summed E-state index contributed by atoms with van der Waals surface area (Å²) in [5, 5.41) is 0.700. The number of ether oxygens (including phenoxy) is 3. The average molecular weight is 550 g/mol. The Morgan fingerprint density at radius 1 is 0.897 bits per heavy atom. The molecule has 1 unspecified atom stereocenters. The second kappa shape index (κ2) is 12.1. The highest BCUT2D eigenvalue weighted by molar-refractivity contribution is 5.94. The highest BCUT2D eigenvalue weighted by Gasteiger charge is 2.24. The van der Waals surface area contributed by atoms with Gasteiger partial charge in [0.2, 0.25) is 5.95 Å². The molecule has 1 aliphatic rings. The van der Waals surface area contributed by atoms with Crippen LogP contribution in [0, 0.1) is 0 Å². The molecular formula is C29H32ClN5O4. The number of aromatic nitrogens is 2. The molecule has 204 valence electrons. The highest BCUT2D eigenvalue weighted by atomic mass is 35.5. The molecular weight excluding hydrogens is 518 g/mol. The fourth-order valence-electron chi connectivity index (χ4n) is 4.57. The monoisotopic (exact) mass is 549 g/mol. The maximum absolute atomic E-state index is 13.1. The molecule has 10 heteroatoms. The molecule has 3 aromatic carbocycles. The Balaban J connectivity index is 0.00000353. The van der Waals surface area contributed by atoms with Crippen LogP contribution in [0.5, 0.6) is 17.2 Å². The smallest absolute Gasteiger partial charge is 0.253 e. The number of hydrogen-bond acceptors (Lipinski definition) is 8. The summed E-state index contributed by atoms with van der Waals surface area (Å²) in [5.41, 5.74) is 8.66. The molecule has 0 aliphatic carbocycles. The van der Waals surface area contributed by atoms with Crippen LogP contribution in [0.1, 0.15) is 28.9 Å². The first kappa shape index (κ1) is 27.8. The van der Waals surface area contributed by atoms with Crippen molar-refractivity contribution in [1.82, 2.24) is 14.9 Å². The van der Waals surface area contributed by atoms with Gasteiger partial charge in [0.05, 0.1) is 19.7 Å². The summed E-state index contributed by atoms with van der Waals surface area (Å²) in [5.74, 6) is 2.76. The predicted octanol–water partition coefficient (Wildman–Crippen LogP) is 4.75. The van der Waals surface area contributed by atoms with Gasteiger partial charge in [0, 0.05) is 43.2 Å². The summed E-state index contributed by atoms with van der Waals surface area (Å²) in [4.78, 5) is 26.3. The largest absolute Gasteiger partial charge is 0.493 e. The Kier molecular flexibility index (Phi) is 8.61. The van der Waals surface area contributed by atoms with Crippen LogP contribution < -0.4 is 24.8 Å². The molecule has 1 amide bonds. The molecule has 0 spiro atoms.